The number of hydrogen-bond acceptors (Lipinski definition) is 5. The molecule has 1 saturated heterocycles. The Hall–Kier alpha value is -3.44. The zero-order valence-corrected chi connectivity index (χ0v) is 27.6. The van der Waals surface area contributed by atoms with Crippen LogP contribution < -0.4 is 4.74 Å². The molecule has 2 heterocycles. The highest BCUT2D eigenvalue weighted by Gasteiger charge is 2.42. The van der Waals surface area contributed by atoms with E-state index in [9.17, 15) is 27.5 Å². The van der Waals surface area contributed by atoms with Gasteiger partial charge >= 0.3 is 12.3 Å². The quantitative estimate of drug-likeness (QED) is 0.206. The smallest absolute Gasteiger partial charge is 0.480 e. The van der Waals surface area contributed by atoms with Gasteiger partial charge in [-0.3, -0.25) is 14.4 Å². The molecule has 0 amide bonds. The minimum Gasteiger partial charge on any atom is -0.480 e. The number of benzene rings is 2. The lowest BCUT2D eigenvalue weighted by Crippen LogP contribution is -2.47. The Labute approximate surface area is 274 Å². The van der Waals surface area contributed by atoms with E-state index in [0.717, 1.165) is 68.7 Å². The molecule has 4 atom stereocenters. The molecular weight excluding hydrogens is 612 g/mol. The first-order chi connectivity index (χ1) is 22.3. The van der Waals surface area contributed by atoms with E-state index in [0.29, 0.717) is 12.3 Å². The van der Waals surface area contributed by atoms with Crippen molar-refractivity contribution in [3.63, 3.8) is 0 Å². The molecule has 0 bridgehead atoms. The fraction of sp³-hybridized carbons (Fsp3) is 0.556. The number of likely N-dealkylation sites (tertiary alicyclic amines) is 1. The van der Waals surface area contributed by atoms with Crippen LogP contribution in [0.15, 0.2) is 54.6 Å². The summed E-state index contributed by atoms with van der Waals surface area (Å²) < 4.78 is 57.9. The second-order valence-electron chi connectivity index (χ2n) is 13.6. The highest BCUT2D eigenvalue weighted by atomic mass is 19.4. The van der Waals surface area contributed by atoms with Crippen molar-refractivity contribution in [2.45, 2.75) is 89.7 Å². The number of carbonyl (C=O) groups is 1. The molecular formula is C36H46F4N4O3. The largest absolute Gasteiger partial charge is 0.573 e. The topological polar surface area (TPSA) is 70.8 Å². The molecule has 1 aromatic heterocycles. The maximum absolute atomic E-state index is 14.3. The number of carboxylic acids is 1. The number of nitrogens with zero attached hydrogens (tertiary/aromatic N) is 4. The van der Waals surface area contributed by atoms with Gasteiger partial charge in [-0.1, -0.05) is 38.1 Å². The standard InChI is InChI=1S/C36H46F4N4O3/c1-5-44-33(20-29(41-44)17-24-9-11-31(12-10-24)47-36(38,39)40)25-13-15-43(16-14-25)22-27-19-30(42(4)34(23(2)3)35(45)46)21-32(27)26-7-6-8-28(37)18-26/h6-12,18,20,23,25,27,30,32,34H,5,13-17,19,21-22H2,1-4H3,(H,45,46)/t27?,30?,32?,34-/m1/s1. The molecule has 2 aromatic carbocycles. The third kappa shape index (κ3) is 8.73. The van der Waals surface area contributed by atoms with Gasteiger partial charge in [-0.25, -0.2) is 4.39 Å². The molecule has 1 saturated carbocycles. The molecule has 7 nitrogen and oxygen atoms in total. The van der Waals surface area contributed by atoms with Gasteiger partial charge in [0.25, 0.3) is 0 Å². The van der Waals surface area contributed by atoms with Crippen molar-refractivity contribution in [3.8, 4) is 5.75 Å². The normalized spacial score (nSPS) is 21.9. The molecule has 1 N–H and O–H groups in total. The molecule has 1 aliphatic heterocycles. The van der Waals surface area contributed by atoms with Gasteiger partial charge in [0.1, 0.15) is 17.6 Å². The number of aromatic nitrogens is 2. The SMILES string of the molecule is CCn1nc(Cc2ccc(OC(F)(F)F)cc2)cc1C1CCN(CC2CC(N(C)[C@@H](C(=O)O)C(C)C)CC2c2cccc(F)c2)CC1. The maximum atomic E-state index is 14.3. The lowest BCUT2D eigenvalue weighted by atomic mass is 9.87. The van der Waals surface area contributed by atoms with E-state index in [1.165, 1.54) is 23.9 Å². The van der Waals surface area contributed by atoms with Crippen molar-refractivity contribution in [3.05, 3.63) is 82.9 Å². The van der Waals surface area contributed by atoms with Gasteiger partial charge in [-0.05, 0) is 112 Å². The highest BCUT2D eigenvalue weighted by Crippen LogP contribution is 2.44. The summed E-state index contributed by atoms with van der Waals surface area (Å²) in [5.41, 5.74) is 3.92. The monoisotopic (exact) mass is 658 g/mol. The van der Waals surface area contributed by atoms with Crippen LogP contribution in [0.5, 0.6) is 5.75 Å². The summed E-state index contributed by atoms with van der Waals surface area (Å²) in [5, 5.41) is 14.8. The minimum atomic E-state index is -4.72. The van der Waals surface area contributed by atoms with Crippen LogP contribution in [-0.4, -0.2) is 75.8 Å². The van der Waals surface area contributed by atoms with Crippen molar-refractivity contribution >= 4 is 5.97 Å². The number of hydrogen-bond donors (Lipinski definition) is 1. The lowest BCUT2D eigenvalue weighted by molar-refractivity contribution is -0.274. The van der Waals surface area contributed by atoms with Crippen LogP contribution in [0.2, 0.25) is 0 Å². The van der Waals surface area contributed by atoms with Gasteiger partial charge in [0, 0.05) is 37.2 Å². The summed E-state index contributed by atoms with van der Waals surface area (Å²) in [6.45, 7) is 9.40. The summed E-state index contributed by atoms with van der Waals surface area (Å²) in [6.07, 6.45) is -0.585. The summed E-state index contributed by atoms with van der Waals surface area (Å²) in [4.78, 5) is 16.7. The van der Waals surface area contributed by atoms with Crippen LogP contribution in [0.25, 0.3) is 0 Å². The summed E-state index contributed by atoms with van der Waals surface area (Å²) in [6, 6.07) is 14.5. The molecule has 0 spiro atoms. The Kier molecular flexibility index (Phi) is 11.0. The number of ether oxygens (including phenoxy) is 1. The predicted octanol–water partition coefficient (Wildman–Crippen LogP) is 7.31. The van der Waals surface area contributed by atoms with E-state index in [1.54, 1.807) is 24.3 Å². The molecule has 256 valence electrons. The third-order valence-corrected chi connectivity index (χ3v) is 10.0. The number of halogens is 4. The number of aryl methyl sites for hydroxylation is 1. The predicted molar refractivity (Wildman–Crippen MR) is 172 cm³/mol. The first-order valence-corrected chi connectivity index (χ1v) is 16.6. The van der Waals surface area contributed by atoms with Crippen molar-refractivity contribution in [2.75, 3.05) is 26.7 Å². The molecule has 5 rings (SSSR count). The lowest BCUT2D eigenvalue weighted by Gasteiger charge is -2.35. The first kappa shape index (κ1) is 34.9. The van der Waals surface area contributed by atoms with Crippen molar-refractivity contribution in [1.29, 1.82) is 0 Å². The molecule has 3 aromatic rings. The molecule has 0 radical (unpaired) electrons. The van der Waals surface area contributed by atoms with E-state index in [-0.39, 0.29) is 35.4 Å². The molecule has 2 aliphatic rings. The van der Waals surface area contributed by atoms with Crippen LogP contribution in [0.3, 0.4) is 0 Å². The Bertz CT molecular complexity index is 1480. The van der Waals surface area contributed by atoms with E-state index >= 15 is 0 Å². The zero-order valence-electron chi connectivity index (χ0n) is 27.6. The maximum Gasteiger partial charge on any atom is 0.573 e. The zero-order chi connectivity index (χ0) is 33.9. The Morgan fingerprint density at radius 1 is 1.09 bits per heavy atom. The van der Waals surface area contributed by atoms with Crippen LogP contribution >= 0.6 is 0 Å². The number of aliphatic carboxylic acids is 1. The average Bonchev–Trinajstić information content (AvgIpc) is 3.62. The van der Waals surface area contributed by atoms with Crippen LogP contribution in [0.4, 0.5) is 17.6 Å². The van der Waals surface area contributed by atoms with Crippen molar-refractivity contribution in [2.24, 2.45) is 11.8 Å². The van der Waals surface area contributed by atoms with E-state index in [1.807, 2.05) is 36.5 Å². The van der Waals surface area contributed by atoms with Gasteiger partial charge < -0.3 is 14.7 Å². The molecule has 3 unspecified atom stereocenters. The second-order valence-corrected chi connectivity index (χ2v) is 13.6. The minimum absolute atomic E-state index is 0.0290. The summed E-state index contributed by atoms with van der Waals surface area (Å²) >= 11 is 0. The third-order valence-electron chi connectivity index (χ3n) is 10.0. The summed E-state index contributed by atoms with van der Waals surface area (Å²) in [7, 11) is 1.92. The van der Waals surface area contributed by atoms with Crippen LogP contribution in [-0.2, 0) is 17.8 Å². The van der Waals surface area contributed by atoms with Crippen molar-refractivity contribution < 1.29 is 32.2 Å². The highest BCUT2D eigenvalue weighted by molar-refractivity contribution is 5.73. The number of piperidine rings is 1. The van der Waals surface area contributed by atoms with Crippen LogP contribution in [0.1, 0.15) is 80.8 Å². The fourth-order valence-electron chi connectivity index (χ4n) is 7.85. The Morgan fingerprint density at radius 2 is 1.79 bits per heavy atom. The average molecular weight is 659 g/mol. The molecule has 1 aliphatic carbocycles. The molecule has 47 heavy (non-hydrogen) atoms. The summed E-state index contributed by atoms with van der Waals surface area (Å²) in [5.74, 6) is -0.548. The number of rotatable bonds is 12. The van der Waals surface area contributed by atoms with E-state index in [4.69, 9.17) is 5.10 Å². The van der Waals surface area contributed by atoms with Gasteiger partial charge in [0.15, 0.2) is 0 Å². The number of carboxylic acid groups (broad SMARTS) is 1. The number of alkyl halides is 3. The van der Waals surface area contributed by atoms with Crippen LogP contribution in [0, 0.1) is 17.7 Å². The van der Waals surface area contributed by atoms with Crippen molar-refractivity contribution in [1.82, 2.24) is 19.6 Å². The van der Waals surface area contributed by atoms with Gasteiger partial charge in [-0.15, -0.1) is 13.2 Å². The molecule has 11 heteroatoms. The Balaban J connectivity index is 1.23. The van der Waals surface area contributed by atoms with E-state index in [2.05, 4.69) is 22.6 Å². The molecule has 2 fully saturated rings. The first-order valence-electron chi connectivity index (χ1n) is 16.6. The Morgan fingerprint density at radius 3 is 2.38 bits per heavy atom. The fourth-order valence-corrected chi connectivity index (χ4v) is 7.85. The second kappa shape index (κ2) is 14.8. The van der Waals surface area contributed by atoms with Gasteiger partial charge in [-0.2, -0.15) is 5.10 Å². The van der Waals surface area contributed by atoms with Gasteiger partial charge in [0.2, 0.25) is 0 Å². The van der Waals surface area contributed by atoms with Gasteiger partial charge in [0.05, 0.1) is 5.69 Å². The number of likely N-dealkylation sites (N-methyl/N-ethyl adjacent to an activating group) is 1. The van der Waals surface area contributed by atoms with E-state index < -0.39 is 18.4 Å².